The average Bonchev–Trinajstić information content (AvgIpc) is 2.68. The predicted molar refractivity (Wildman–Crippen MR) is 62.4 cm³/mol. The summed E-state index contributed by atoms with van der Waals surface area (Å²) in [6.45, 7) is 0.710. The molecule has 0 aliphatic rings. The molecule has 0 amide bonds. The summed E-state index contributed by atoms with van der Waals surface area (Å²) < 4.78 is 6.43. The number of rotatable bonds is 3. The minimum absolute atomic E-state index is 0.710. The number of oxazole rings is 1. The zero-order chi connectivity index (χ0) is 10.7. The lowest BCUT2D eigenvalue weighted by atomic mass is 10.1. The Labute approximate surface area is 96.6 Å². The van der Waals surface area contributed by atoms with E-state index in [0.717, 1.165) is 21.5 Å². The molecule has 15 heavy (non-hydrogen) atoms. The smallest absolute Gasteiger partial charge is 0.181 e. The summed E-state index contributed by atoms with van der Waals surface area (Å²) in [5.41, 5.74) is 1.97. The molecular weight excluding hydrogens is 256 g/mol. The van der Waals surface area contributed by atoms with Crippen LogP contribution in [0.15, 0.2) is 39.5 Å². The van der Waals surface area contributed by atoms with Gasteiger partial charge < -0.3 is 9.73 Å². The SMILES string of the molecule is CNCc1ncoc1-c1ccc(Br)cc1. The monoisotopic (exact) mass is 266 g/mol. The van der Waals surface area contributed by atoms with E-state index in [1.54, 1.807) is 0 Å². The highest BCUT2D eigenvalue weighted by Crippen LogP contribution is 2.24. The van der Waals surface area contributed by atoms with Gasteiger partial charge in [-0.3, -0.25) is 0 Å². The fourth-order valence-electron chi connectivity index (χ4n) is 1.40. The standard InChI is InChI=1S/C11H11BrN2O/c1-13-6-10-11(15-7-14-10)8-2-4-9(12)5-3-8/h2-5,7,13H,6H2,1H3. The van der Waals surface area contributed by atoms with Crippen molar-refractivity contribution in [1.29, 1.82) is 0 Å². The second kappa shape index (κ2) is 4.59. The summed E-state index contributed by atoms with van der Waals surface area (Å²) in [5, 5.41) is 3.06. The number of nitrogens with one attached hydrogen (secondary N) is 1. The summed E-state index contributed by atoms with van der Waals surface area (Å²) in [6, 6.07) is 7.98. The Morgan fingerprint density at radius 3 is 2.73 bits per heavy atom. The fraction of sp³-hybridized carbons (Fsp3) is 0.182. The Balaban J connectivity index is 2.36. The van der Waals surface area contributed by atoms with Crippen LogP contribution < -0.4 is 5.32 Å². The highest BCUT2D eigenvalue weighted by Gasteiger charge is 2.09. The molecule has 1 heterocycles. The summed E-state index contributed by atoms with van der Waals surface area (Å²) in [4.78, 5) is 4.16. The van der Waals surface area contributed by atoms with Crippen LogP contribution in [-0.4, -0.2) is 12.0 Å². The van der Waals surface area contributed by atoms with E-state index < -0.39 is 0 Å². The van der Waals surface area contributed by atoms with Gasteiger partial charge in [-0.2, -0.15) is 0 Å². The Morgan fingerprint density at radius 1 is 1.33 bits per heavy atom. The van der Waals surface area contributed by atoms with E-state index >= 15 is 0 Å². The van der Waals surface area contributed by atoms with Crippen LogP contribution in [0.5, 0.6) is 0 Å². The van der Waals surface area contributed by atoms with Crippen LogP contribution in [0.3, 0.4) is 0 Å². The molecule has 78 valence electrons. The van der Waals surface area contributed by atoms with Crippen LogP contribution in [0.4, 0.5) is 0 Å². The molecule has 0 aliphatic heterocycles. The number of hydrogen-bond donors (Lipinski definition) is 1. The molecule has 3 nitrogen and oxygen atoms in total. The molecule has 2 rings (SSSR count). The topological polar surface area (TPSA) is 38.1 Å². The third-order valence-electron chi connectivity index (χ3n) is 2.09. The highest BCUT2D eigenvalue weighted by molar-refractivity contribution is 9.10. The van der Waals surface area contributed by atoms with Gasteiger partial charge in [0.2, 0.25) is 0 Å². The number of aromatic nitrogens is 1. The van der Waals surface area contributed by atoms with Crippen molar-refractivity contribution in [2.45, 2.75) is 6.54 Å². The second-order valence-corrected chi connectivity index (χ2v) is 4.08. The van der Waals surface area contributed by atoms with E-state index in [9.17, 15) is 0 Å². The van der Waals surface area contributed by atoms with Gasteiger partial charge in [0.25, 0.3) is 0 Å². The van der Waals surface area contributed by atoms with Gasteiger partial charge in [0, 0.05) is 16.6 Å². The summed E-state index contributed by atoms with van der Waals surface area (Å²) in [6.07, 6.45) is 1.48. The van der Waals surface area contributed by atoms with E-state index in [-0.39, 0.29) is 0 Å². The molecule has 0 atom stereocenters. The minimum Gasteiger partial charge on any atom is -0.443 e. The largest absolute Gasteiger partial charge is 0.443 e. The normalized spacial score (nSPS) is 10.5. The van der Waals surface area contributed by atoms with E-state index in [1.807, 2.05) is 31.3 Å². The van der Waals surface area contributed by atoms with Gasteiger partial charge in [-0.1, -0.05) is 28.1 Å². The van der Waals surface area contributed by atoms with E-state index in [0.29, 0.717) is 6.54 Å². The van der Waals surface area contributed by atoms with Gasteiger partial charge in [0.1, 0.15) is 5.69 Å². The first kappa shape index (κ1) is 10.4. The van der Waals surface area contributed by atoms with Gasteiger partial charge in [0.15, 0.2) is 12.2 Å². The van der Waals surface area contributed by atoms with Crippen LogP contribution >= 0.6 is 15.9 Å². The lowest BCUT2D eigenvalue weighted by molar-refractivity contribution is 0.570. The molecular formula is C11H11BrN2O. The molecule has 0 fully saturated rings. The predicted octanol–water partition coefficient (Wildman–Crippen LogP) is 2.82. The molecule has 0 saturated carbocycles. The molecule has 2 aromatic rings. The lowest BCUT2D eigenvalue weighted by Gasteiger charge is -2.00. The first-order chi connectivity index (χ1) is 7.31. The average molecular weight is 267 g/mol. The van der Waals surface area contributed by atoms with Crippen molar-refractivity contribution in [3.05, 3.63) is 40.8 Å². The van der Waals surface area contributed by atoms with Crippen molar-refractivity contribution >= 4 is 15.9 Å². The summed E-state index contributed by atoms with van der Waals surface area (Å²) in [5.74, 6) is 0.830. The maximum atomic E-state index is 5.38. The molecule has 1 aromatic heterocycles. The van der Waals surface area contributed by atoms with Crippen molar-refractivity contribution in [2.24, 2.45) is 0 Å². The Kier molecular flexibility index (Phi) is 3.18. The maximum absolute atomic E-state index is 5.38. The minimum atomic E-state index is 0.710. The summed E-state index contributed by atoms with van der Waals surface area (Å²) in [7, 11) is 1.89. The highest BCUT2D eigenvalue weighted by atomic mass is 79.9. The number of hydrogen-bond acceptors (Lipinski definition) is 3. The quantitative estimate of drug-likeness (QED) is 0.929. The number of nitrogens with zero attached hydrogens (tertiary/aromatic N) is 1. The molecule has 0 bridgehead atoms. The van der Waals surface area contributed by atoms with Gasteiger partial charge in [-0.25, -0.2) is 4.98 Å². The molecule has 1 aromatic carbocycles. The Morgan fingerprint density at radius 2 is 2.07 bits per heavy atom. The number of benzene rings is 1. The maximum Gasteiger partial charge on any atom is 0.181 e. The molecule has 0 saturated heterocycles. The second-order valence-electron chi connectivity index (χ2n) is 3.17. The van der Waals surface area contributed by atoms with Crippen molar-refractivity contribution in [2.75, 3.05) is 7.05 Å². The van der Waals surface area contributed by atoms with Gasteiger partial charge in [-0.15, -0.1) is 0 Å². The van der Waals surface area contributed by atoms with Crippen LogP contribution in [0.2, 0.25) is 0 Å². The van der Waals surface area contributed by atoms with E-state index in [1.165, 1.54) is 6.39 Å². The third-order valence-corrected chi connectivity index (χ3v) is 2.62. The van der Waals surface area contributed by atoms with Crippen molar-refractivity contribution in [3.8, 4) is 11.3 Å². The van der Waals surface area contributed by atoms with E-state index in [2.05, 4.69) is 26.2 Å². The lowest BCUT2D eigenvalue weighted by Crippen LogP contribution is -2.06. The van der Waals surface area contributed by atoms with Crippen LogP contribution in [0, 0.1) is 0 Å². The van der Waals surface area contributed by atoms with Crippen LogP contribution in [-0.2, 0) is 6.54 Å². The zero-order valence-corrected chi connectivity index (χ0v) is 9.91. The van der Waals surface area contributed by atoms with Gasteiger partial charge >= 0.3 is 0 Å². The molecule has 1 N–H and O–H groups in total. The van der Waals surface area contributed by atoms with Crippen LogP contribution in [0.25, 0.3) is 11.3 Å². The van der Waals surface area contributed by atoms with Gasteiger partial charge in [0.05, 0.1) is 0 Å². The first-order valence-electron chi connectivity index (χ1n) is 4.64. The summed E-state index contributed by atoms with van der Waals surface area (Å²) >= 11 is 3.40. The van der Waals surface area contributed by atoms with Crippen molar-refractivity contribution in [1.82, 2.24) is 10.3 Å². The molecule has 4 heteroatoms. The molecule has 0 unspecified atom stereocenters. The molecule has 0 spiro atoms. The molecule has 0 aliphatic carbocycles. The number of halogens is 1. The third kappa shape index (κ3) is 2.27. The zero-order valence-electron chi connectivity index (χ0n) is 8.33. The van der Waals surface area contributed by atoms with Crippen molar-refractivity contribution in [3.63, 3.8) is 0 Å². The molecule has 0 radical (unpaired) electrons. The first-order valence-corrected chi connectivity index (χ1v) is 5.43. The Hall–Kier alpha value is -1.13. The van der Waals surface area contributed by atoms with E-state index in [4.69, 9.17) is 4.42 Å². The Bertz CT molecular complexity index is 436. The van der Waals surface area contributed by atoms with Crippen LogP contribution in [0.1, 0.15) is 5.69 Å². The van der Waals surface area contributed by atoms with Gasteiger partial charge in [-0.05, 0) is 19.2 Å². The van der Waals surface area contributed by atoms with Crippen molar-refractivity contribution < 1.29 is 4.42 Å². The fourth-order valence-corrected chi connectivity index (χ4v) is 1.66.